The minimum Gasteiger partial charge on any atom is -0.480 e. The fraction of sp³-hybridized carbons (Fsp3) is 0.423. The van der Waals surface area contributed by atoms with E-state index >= 15 is 0 Å². The van der Waals surface area contributed by atoms with Crippen molar-refractivity contribution in [3.63, 3.8) is 0 Å². The molecule has 2 unspecified atom stereocenters. The zero-order valence-corrected chi connectivity index (χ0v) is 19.4. The number of likely N-dealkylation sites (tertiary alicyclic amines) is 1. The van der Waals surface area contributed by atoms with E-state index in [1.54, 1.807) is 13.8 Å². The van der Waals surface area contributed by atoms with Crippen LogP contribution in [0, 0.1) is 5.41 Å². The van der Waals surface area contributed by atoms with Gasteiger partial charge in [-0.2, -0.15) is 0 Å². The van der Waals surface area contributed by atoms with Gasteiger partial charge in [-0.15, -0.1) is 0 Å². The second-order valence-electron chi connectivity index (χ2n) is 9.80. The van der Waals surface area contributed by atoms with Crippen LogP contribution < -0.4 is 5.32 Å². The number of carbonyl (C=O) groups is 3. The minimum atomic E-state index is -1.26. The second-order valence-corrected chi connectivity index (χ2v) is 9.80. The van der Waals surface area contributed by atoms with Crippen molar-refractivity contribution in [3.8, 4) is 11.1 Å². The standard InChI is InChI=1S/C26H30N2O5/c1-5-26(4,23(31)28-15-25(2,3)21(28)22(29)30)27-24(32)33-14-20-18-12-8-6-10-16(18)17-11-7-9-13-19(17)20/h6-13,20-21H,5,14-15H2,1-4H3,(H,27,32)(H,29,30). The first-order valence-electron chi connectivity index (χ1n) is 11.3. The molecule has 1 aliphatic carbocycles. The van der Waals surface area contributed by atoms with E-state index in [9.17, 15) is 19.5 Å². The maximum absolute atomic E-state index is 13.2. The normalized spacial score (nSPS) is 20.1. The van der Waals surface area contributed by atoms with Crippen LogP contribution in [0.1, 0.15) is 51.2 Å². The summed E-state index contributed by atoms with van der Waals surface area (Å²) in [7, 11) is 0. The monoisotopic (exact) mass is 450 g/mol. The third kappa shape index (κ3) is 3.86. The molecule has 0 radical (unpaired) electrons. The summed E-state index contributed by atoms with van der Waals surface area (Å²) in [5.41, 5.74) is 2.71. The van der Waals surface area contributed by atoms with Crippen LogP contribution >= 0.6 is 0 Å². The van der Waals surface area contributed by atoms with E-state index in [1.165, 1.54) is 4.90 Å². The highest BCUT2D eigenvalue weighted by Crippen LogP contribution is 2.44. The van der Waals surface area contributed by atoms with Crippen LogP contribution in [0.5, 0.6) is 0 Å². The lowest BCUT2D eigenvalue weighted by Crippen LogP contribution is -2.72. The van der Waals surface area contributed by atoms with Crippen LogP contribution in [0.15, 0.2) is 48.5 Å². The first-order valence-corrected chi connectivity index (χ1v) is 11.3. The number of nitrogens with zero attached hydrogens (tertiary/aromatic N) is 1. The number of alkyl carbamates (subject to hydrolysis) is 1. The third-order valence-corrected chi connectivity index (χ3v) is 7.03. The molecule has 33 heavy (non-hydrogen) atoms. The number of amides is 2. The number of aliphatic carboxylic acids is 1. The van der Waals surface area contributed by atoms with E-state index in [0.717, 1.165) is 22.3 Å². The summed E-state index contributed by atoms with van der Waals surface area (Å²) in [5, 5.41) is 12.3. The number of benzene rings is 2. The first-order chi connectivity index (χ1) is 15.6. The maximum Gasteiger partial charge on any atom is 0.408 e. The Balaban J connectivity index is 1.45. The summed E-state index contributed by atoms with van der Waals surface area (Å²) in [6, 6.07) is 15.2. The number of carbonyl (C=O) groups excluding carboxylic acids is 2. The lowest BCUT2D eigenvalue weighted by Gasteiger charge is -2.53. The molecule has 0 saturated carbocycles. The number of carboxylic acid groups (broad SMARTS) is 1. The molecule has 2 aromatic carbocycles. The van der Waals surface area contributed by atoms with Crippen LogP contribution in [0.3, 0.4) is 0 Å². The van der Waals surface area contributed by atoms with Crippen molar-refractivity contribution < 1.29 is 24.2 Å². The molecule has 2 aromatic rings. The van der Waals surface area contributed by atoms with Crippen LogP contribution in [0.4, 0.5) is 4.79 Å². The molecule has 1 aliphatic heterocycles. The van der Waals surface area contributed by atoms with E-state index < -0.39 is 35.0 Å². The zero-order chi connectivity index (χ0) is 24.0. The fourth-order valence-electron chi connectivity index (χ4n) is 5.05. The SMILES string of the molecule is CCC(C)(NC(=O)OCC1c2ccccc2-c2ccccc21)C(=O)N1CC(C)(C)C1C(=O)O. The molecule has 0 aromatic heterocycles. The van der Waals surface area contributed by atoms with Gasteiger partial charge in [-0.05, 0) is 35.6 Å². The van der Waals surface area contributed by atoms with Crippen molar-refractivity contribution in [3.05, 3.63) is 59.7 Å². The first kappa shape index (κ1) is 22.8. The number of ether oxygens (including phenoxy) is 1. The van der Waals surface area contributed by atoms with E-state index in [2.05, 4.69) is 17.4 Å². The minimum absolute atomic E-state index is 0.0840. The molecule has 1 saturated heterocycles. The molecule has 2 aliphatic rings. The lowest BCUT2D eigenvalue weighted by atomic mass is 9.73. The van der Waals surface area contributed by atoms with Gasteiger partial charge in [0.05, 0.1) is 0 Å². The van der Waals surface area contributed by atoms with Gasteiger partial charge >= 0.3 is 12.1 Å². The number of nitrogens with one attached hydrogen (secondary N) is 1. The van der Waals surface area contributed by atoms with E-state index in [-0.39, 0.29) is 12.5 Å². The summed E-state index contributed by atoms with van der Waals surface area (Å²) >= 11 is 0. The van der Waals surface area contributed by atoms with Crippen molar-refractivity contribution in [2.75, 3.05) is 13.2 Å². The summed E-state index contributed by atoms with van der Waals surface area (Å²) in [6.45, 7) is 7.49. The van der Waals surface area contributed by atoms with Gasteiger partial charge in [-0.1, -0.05) is 69.3 Å². The number of hydrogen-bond donors (Lipinski definition) is 2. The molecule has 7 nitrogen and oxygen atoms in total. The summed E-state index contributed by atoms with van der Waals surface area (Å²) in [4.78, 5) is 39.0. The average molecular weight is 451 g/mol. The largest absolute Gasteiger partial charge is 0.480 e. The topological polar surface area (TPSA) is 95.9 Å². The van der Waals surface area contributed by atoms with Crippen LogP contribution in [-0.4, -0.2) is 52.7 Å². The maximum atomic E-state index is 13.2. The van der Waals surface area contributed by atoms with E-state index in [4.69, 9.17) is 4.74 Å². The number of carboxylic acids is 1. The predicted octanol–water partition coefficient (Wildman–Crippen LogP) is 4.02. The van der Waals surface area contributed by atoms with Gasteiger partial charge in [0.25, 0.3) is 0 Å². The molecule has 4 rings (SSSR count). The second kappa shape index (κ2) is 8.21. The summed E-state index contributed by atoms with van der Waals surface area (Å²) in [5.74, 6) is -1.54. The highest BCUT2D eigenvalue weighted by molar-refractivity contribution is 5.94. The molecule has 1 heterocycles. The zero-order valence-electron chi connectivity index (χ0n) is 19.4. The van der Waals surface area contributed by atoms with E-state index in [0.29, 0.717) is 13.0 Å². The molecular formula is C26H30N2O5. The molecule has 0 bridgehead atoms. The molecule has 174 valence electrons. The van der Waals surface area contributed by atoms with Crippen LogP contribution in [0.25, 0.3) is 11.1 Å². The van der Waals surface area contributed by atoms with Crippen molar-refractivity contribution in [1.29, 1.82) is 0 Å². The highest BCUT2D eigenvalue weighted by Gasteiger charge is 2.55. The molecule has 2 amide bonds. The third-order valence-electron chi connectivity index (χ3n) is 7.03. The molecular weight excluding hydrogens is 420 g/mol. The number of fused-ring (bicyclic) bond motifs is 3. The highest BCUT2D eigenvalue weighted by atomic mass is 16.5. The Morgan fingerprint density at radius 1 is 1.09 bits per heavy atom. The van der Waals surface area contributed by atoms with Gasteiger partial charge in [0.1, 0.15) is 18.2 Å². The average Bonchev–Trinajstić information content (AvgIpc) is 3.09. The Morgan fingerprint density at radius 2 is 1.64 bits per heavy atom. The van der Waals surface area contributed by atoms with Gasteiger partial charge < -0.3 is 20.1 Å². The van der Waals surface area contributed by atoms with Crippen molar-refractivity contribution >= 4 is 18.0 Å². The Kier molecular flexibility index (Phi) is 5.68. The van der Waals surface area contributed by atoms with Crippen molar-refractivity contribution in [2.24, 2.45) is 5.41 Å². The Morgan fingerprint density at radius 3 is 2.12 bits per heavy atom. The fourth-order valence-corrected chi connectivity index (χ4v) is 5.05. The smallest absolute Gasteiger partial charge is 0.408 e. The van der Waals surface area contributed by atoms with Gasteiger partial charge in [-0.25, -0.2) is 9.59 Å². The van der Waals surface area contributed by atoms with Crippen LogP contribution in [0.2, 0.25) is 0 Å². The predicted molar refractivity (Wildman–Crippen MR) is 124 cm³/mol. The van der Waals surface area contributed by atoms with Gasteiger partial charge in [0.15, 0.2) is 0 Å². The van der Waals surface area contributed by atoms with Gasteiger partial charge in [-0.3, -0.25) is 4.79 Å². The Labute approximate surface area is 193 Å². The molecule has 2 atom stereocenters. The molecule has 2 N–H and O–H groups in total. The van der Waals surface area contributed by atoms with Gasteiger partial charge in [0.2, 0.25) is 5.91 Å². The summed E-state index contributed by atoms with van der Waals surface area (Å²) in [6.07, 6.45) is -0.388. The van der Waals surface area contributed by atoms with Crippen molar-refractivity contribution in [2.45, 2.75) is 51.6 Å². The van der Waals surface area contributed by atoms with Crippen LogP contribution in [-0.2, 0) is 14.3 Å². The van der Waals surface area contributed by atoms with E-state index in [1.807, 2.05) is 50.2 Å². The molecule has 7 heteroatoms. The summed E-state index contributed by atoms with van der Waals surface area (Å²) < 4.78 is 5.60. The van der Waals surface area contributed by atoms with Crippen molar-refractivity contribution in [1.82, 2.24) is 10.2 Å². The number of hydrogen-bond acceptors (Lipinski definition) is 4. The number of rotatable bonds is 6. The molecule has 0 spiro atoms. The molecule has 1 fully saturated rings. The quantitative estimate of drug-likeness (QED) is 0.693. The Bertz CT molecular complexity index is 1070. The Hall–Kier alpha value is -3.35. The van der Waals surface area contributed by atoms with Gasteiger partial charge in [0, 0.05) is 17.9 Å². The lowest BCUT2D eigenvalue weighted by molar-refractivity contribution is -0.175.